The summed E-state index contributed by atoms with van der Waals surface area (Å²) < 4.78 is 27.5. The minimum absolute atomic E-state index is 0.166. The summed E-state index contributed by atoms with van der Waals surface area (Å²) in [4.78, 5) is 24.1. The highest BCUT2D eigenvalue weighted by molar-refractivity contribution is 7.22. The fraction of sp³-hybridized carbons (Fsp3) is 0.632. The molecule has 0 spiro atoms. The van der Waals surface area contributed by atoms with E-state index in [4.69, 9.17) is 4.98 Å². The fourth-order valence-corrected chi connectivity index (χ4v) is 5.69. The van der Waals surface area contributed by atoms with Gasteiger partial charge in [0.25, 0.3) is 5.91 Å². The van der Waals surface area contributed by atoms with Gasteiger partial charge >= 0.3 is 0 Å². The quantitative estimate of drug-likeness (QED) is 0.819. The Morgan fingerprint density at radius 2 is 1.93 bits per heavy atom. The molecule has 2 saturated heterocycles. The van der Waals surface area contributed by atoms with Gasteiger partial charge in [0.2, 0.25) is 5.92 Å². The third-order valence-corrected chi connectivity index (χ3v) is 7.16. The van der Waals surface area contributed by atoms with Crippen LogP contribution in [0.4, 0.5) is 13.9 Å². The van der Waals surface area contributed by atoms with Gasteiger partial charge < -0.3 is 15.5 Å². The van der Waals surface area contributed by atoms with Crippen molar-refractivity contribution in [1.29, 1.82) is 0 Å². The van der Waals surface area contributed by atoms with Crippen LogP contribution in [-0.4, -0.2) is 53.0 Å². The summed E-state index contributed by atoms with van der Waals surface area (Å²) >= 11 is 1.57. The van der Waals surface area contributed by atoms with Crippen molar-refractivity contribution in [1.82, 2.24) is 20.6 Å². The van der Waals surface area contributed by atoms with E-state index in [1.165, 1.54) is 19.0 Å². The van der Waals surface area contributed by atoms with Crippen molar-refractivity contribution >= 4 is 32.7 Å². The SMILES string of the molecule is O=C(NC1CCC(F)(F)CC1)c1cnc2nc(N3C4CCC3CNC4)sc2c1. The number of anilines is 1. The number of halogens is 2. The Balaban J connectivity index is 1.32. The highest BCUT2D eigenvalue weighted by Crippen LogP contribution is 2.37. The second-order valence-corrected chi connectivity index (χ2v) is 9.11. The van der Waals surface area contributed by atoms with Gasteiger partial charge in [-0.05, 0) is 31.7 Å². The van der Waals surface area contributed by atoms with Crippen LogP contribution in [0.2, 0.25) is 0 Å². The standard InChI is InChI=1S/C19H23F2N5OS/c20-19(21)5-3-12(4-6-19)24-17(27)11-7-15-16(23-8-11)25-18(28-15)26-13-1-2-14(26)10-22-9-13/h7-8,12-14,22H,1-6,9-10H2,(H,24,27). The largest absolute Gasteiger partial charge is 0.349 e. The molecule has 0 radical (unpaired) electrons. The van der Waals surface area contributed by atoms with Crippen molar-refractivity contribution in [3.05, 3.63) is 17.8 Å². The molecular formula is C19H23F2N5OS. The third kappa shape index (κ3) is 3.34. The summed E-state index contributed by atoms with van der Waals surface area (Å²) in [6, 6.07) is 2.58. The van der Waals surface area contributed by atoms with Gasteiger partial charge in [-0.2, -0.15) is 4.98 Å². The predicted molar refractivity (Wildman–Crippen MR) is 104 cm³/mol. The number of amides is 1. The molecule has 6 nitrogen and oxygen atoms in total. The zero-order valence-electron chi connectivity index (χ0n) is 15.5. The minimum Gasteiger partial charge on any atom is -0.349 e. The van der Waals surface area contributed by atoms with Crippen LogP contribution < -0.4 is 15.5 Å². The molecule has 5 rings (SSSR count). The normalized spacial score (nSPS) is 27.3. The molecule has 9 heteroatoms. The lowest BCUT2D eigenvalue weighted by Crippen LogP contribution is -2.51. The molecule has 2 aliphatic heterocycles. The lowest BCUT2D eigenvalue weighted by molar-refractivity contribution is -0.0399. The maximum Gasteiger partial charge on any atom is 0.253 e. The Hall–Kier alpha value is -1.87. The molecule has 2 aromatic rings. The molecule has 1 aliphatic carbocycles. The second-order valence-electron chi connectivity index (χ2n) is 8.10. The van der Waals surface area contributed by atoms with E-state index in [9.17, 15) is 13.6 Å². The Bertz CT molecular complexity index is 878. The Kier molecular flexibility index (Phi) is 4.46. The van der Waals surface area contributed by atoms with E-state index >= 15 is 0 Å². The first-order valence-electron chi connectivity index (χ1n) is 9.93. The number of hydrogen-bond donors (Lipinski definition) is 2. The summed E-state index contributed by atoms with van der Waals surface area (Å²) in [5, 5.41) is 7.33. The van der Waals surface area contributed by atoms with Gasteiger partial charge in [-0.15, -0.1) is 0 Å². The van der Waals surface area contributed by atoms with Crippen LogP contribution in [-0.2, 0) is 0 Å². The lowest BCUT2D eigenvalue weighted by Gasteiger charge is -2.34. The van der Waals surface area contributed by atoms with Crippen LogP contribution in [0.3, 0.4) is 0 Å². The van der Waals surface area contributed by atoms with E-state index in [0.717, 1.165) is 22.9 Å². The van der Waals surface area contributed by atoms with Crippen molar-refractivity contribution in [3.63, 3.8) is 0 Å². The molecule has 3 fully saturated rings. The van der Waals surface area contributed by atoms with E-state index in [2.05, 4.69) is 20.5 Å². The summed E-state index contributed by atoms with van der Waals surface area (Å²) in [7, 11) is 0. The van der Waals surface area contributed by atoms with Gasteiger partial charge in [-0.25, -0.2) is 13.8 Å². The molecule has 2 bridgehead atoms. The molecule has 1 amide bonds. The number of nitrogens with zero attached hydrogens (tertiary/aromatic N) is 3. The highest BCUT2D eigenvalue weighted by atomic mass is 32.1. The molecule has 1 saturated carbocycles. The minimum atomic E-state index is -2.59. The number of fused-ring (bicyclic) bond motifs is 3. The number of hydrogen-bond acceptors (Lipinski definition) is 6. The van der Waals surface area contributed by atoms with E-state index in [1.54, 1.807) is 11.3 Å². The van der Waals surface area contributed by atoms with Crippen molar-refractivity contribution in [2.75, 3.05) is 18.0 Å². The van der Waals surface area contributed by atoms with Gasteiger partial charge in [0.1, 0.15) is 0 Å². The summed E-state index contributed by atoms with van der Waals surface area (Å²) in [5.41, 5.74) is 1.12. The molecule has 2 atom stereocenters. The summed E-state index contributed by atoms with van der Waals surface area (Å²) in [6.45, 7) is 1.96. The van der Waals surface area contributed by atoms with E-state index in [-0.39, 0.29) is 24.8 Å². The summed E-state index contributed by atoms with van der Waals surface area (Å²) in [6.07, 6.45) is 4.17. The predicted octanol–water partition coefficient (Wildman–Crippen LogP) is 2.94. The fourth-order valence-electron chi connectivity index (χ4n) is 4.59. The number of pyridine rings is 1. The van der Waals surface area contributed by atoms with Gasteiger partial charge in [-0.3, -0.25) is 4.79 Å². The molecule has 2 aromatic heterocycles. The van der Waals surface area contributed by atoms with Crippen molar-refractivity contribution in [2.24, 2.45) is 0 Å². The number of aromatic nitrogens is 2. The monoisotopic (exact) mass is 407 g/mol. The molecule has 150 valence electrons. The Labute approximate surface area is 165 Å². The first-order valence-corrected chi connectivity index (χ1v) is 10.7. The number of carbonyl (C=O) groups is 1. The van der Waals surface area contributed by atoms with E-state index < -0.39 is 5.92 Å². The average molecular weight is 407 g/mol. The van der Waals surface area contributed by atoms with Gasteiger partial charge in [0.15, 0.2) is 10.8 Å². The van der Waals surface area contributed by atoms with Gasteiger partial charge in [0.05, 0.1) is 10.3 Å². The lowest BCUT2D eigenvalue weighted by atomic mass is 9.92. The van der Waals surface area contributed by atoms with E-state index in [0.29, 0.717) is 36.1 Å². The van der Waals surface area contributed by atoms with Crippen molar-refractivity contribution in [3.8, 4) is 0 Å². The number of piperazine rings is 1. The zero-order valence-corrected chi connectivity index (χ0v) is 16.3. The molecule has 2 N–H and O–H groups in total. The van der Waals surface area contributed by atoms with Crippen LogP contribution in [0.15, 0.2) is 12.3 Å². The molecular weight excluding hydrogens is 384 g/mol. The molecule has 0 aromatic carbocycles. The van der Waals surface area contributed by atoms with Crippen LogP contribution in [0.5, 0.6) is 0 Å². The average Bonchev–Trinajstić information content (AvgIpc) is 3.20. The molecule has 28 heavy (non-hydrogen) atoms. The number of alkyl halides is 2. The highest BCUT2D eigenvalue weighted by Gasteiger charge is 2.38. The van der Waals surface area contributed by atoms with Crippen LogP contribution in [0.1, 0.15) is 48.9 Å². The molecule has 3 aliphatic rings. The molecule has 4 heterocycles. The maximum atomic E-state index is 13.3. The maximum absolute atomic E-state index is 13.3. The van der Waals surface area contributed by atoms with E-state index in [1.807, 2.05) is 6.07 Å². The van der Waals surface area contributed by atoms with Crippen molar-refractivity contribution < 1.29 is 13.6 Å². The zero-order chi connectivity index (χ0) is 19.3. The Morgan fingerprint density at radius 1 is 1.21 bits per heavy atom. The number of rotatable bonds is 3. The van der Waals surface area contributed by atoms with Crippen LogP contribution >= 0.6 is 11.3 Å². The summed E-state index contributed by atoms with van der Waals surface area (Å²) in [5.74, 6) is -2.84. The number of carbonyl (C=O) groups excluding carboxylic acids is 1. The van der Waals surface area contributed by atoms with Crippen LogP contribution in [0.25, 0.3) is 10.3 Å². The topological polar surface area (TPSA) is 70.2 Å². The first kappa shape index (κ1) is 18.2. The smallest absolute Gasteiger partial charge is 0.253 e. The third-order valence-electron chi connectivity index (χ3n) is 6.15. The van der Waals surface area contributed by atoms with Gasteiger partial charge in [0, 0.05) is 50.3 Å². The van der Waals surface area contributed by atoms with Crippen LogP contribution in [0, 0.1) is 0 Å². The van der Waals surface area contributed by atoms with Crippen molar-refractivity contribution in [2.45, 2.75) is 62.6 Å². The Morgan fingerprint density at radius 3 is 2.64 bits per heavy atom. The first-order chi connectivity index (χ1) is 13.5. The van der Waals surface area contributed by atoms with Gasteiger partial charge in [-0.1, -0.05) is 11.3 Å². The second kappa shape index (κ2) is 6.88. The number of nitrogens with one attached hydrogen (secondary N) is 2. The number of thiazole rings is 1. The molecule has 2 unspecified atom stereocenters.